The number of benzene rings is 1. The van der Waals surface area contributed by atoms with Gasteiger partial charge in [-0.15, -0.1) is 20.4 Å². The Balaban J connectivity index is 1.39. The molecule has 1 amide bonds. The molecule has 1 N–H and O–H groups in total. The lowest BCUT2D eigenvalue weighted by Crippen LogP contribution is -2.28. The lowest BCUT2D eigenvalue weighted by molar-refractivity contribution is 0.0925. The molecule has 3 aromatic heterocycles. The maximum atomic E-state index is 12.9. The largest absolute Gasteiger partial charge is 0.421 e. The molecule has 8 heteroatoms. The van der Waals surface area contributed by atoms with Gasteiger partial charge in [0.1, 0.15) is 0 Å². The van der Waals surface area contributed by atoms with Crippen molar-refractivity contribution in [2.75, 3.05) is 0 Å². The highest BCUT2D eigenvalue weighted by molar-refractivity contribution is 5.91. The third-order valence-electron chi connectivity index (χ3n) is 5.30. The smallest absolute Gasteiger partial charge is 0.290 e. The SMILES string of the molecule is CCc1nnc(-c2ccc3c(c2)CC[C@H]3NC(=O)c2nnc3ccc(C)cn23)o1. The lowest BCUT2D eigenvalue weighted by Gasteiger charge is -2.13. The van der Waals surface area contributed by atoms with E-state index < -0.39 is 0 Å². The quantitative estimate of drug-likeness (QED) is 0.577. The van der Waals surface area contributed by atoms with Crippen LogP contribution in [0.3, 0.4) is 0 Å². The first-order valence-corrected chi connectivity index (χ1v) is 9.70. The predicted octanol–water partition coefficient (Wildman–Crippen LogP) is 3.07. The first-order chi connectivity index (χ1) is 14.1. The van der Waals surface area contributed by atoms with Crippen LogP contribution in [0.15, 0.2) is 40.9 Å². The van der Waals surface area contributed by atoms with Crippen LogP contribution in [0.4, 0.5) is 0 Å². The summed E-state index contributed by atoms with van der Waals surface area (Å²) in [5, 5.41) is 19.4. The second-order valence-corrected chi connectivity index (χ2v) is 7.29. The molecule has 0 saturated carbocycles. The number of carbonyl (C=O) groups is 1. The predicted molar refractivity (Wildman–Crippen MR) is 105 cm³/mol. The van der Waals surface area contributed by atoms with Crippen molar-refractivity contribution in [3.05, 3.63) is 64.9 Å². The van der Waals surface area contributed by atoms with Gasteiger partial charge in [-0.25, -0.2) is 0 Å². The molecule has 0 fully saturated rings. The van der Waals surface area contributed by atoms with Gasteiger partial charge in [-0.2, -0.15) is 0 Å². The van der Waals surface area contributed by atoms with Crippen LogP contribution in [0.2, 0.25) is 0 Å². The number of nitrogens with one attached hydrogen (secondary N) is 1. The first-order valence-electron chi connectivity index (χ1n) is 9.70. The van der Waals surface area contributed by atoms with E-state index in [4.69, 9.17) is 4.42 Å². The molecule has 8 nitrogen and oxygen atoms in total. The minimum Gasteiger partial charge on any atom is -0.421 e. The van der Waals surface area contributed by atoms with Crippen molar-refractivity contribution in [3.8, 4) is 11.5 Å². The average Bonchev–Trinajstić information content (AvgIpc) is 3.45. The molecule has 3 heterocycles. The molecule has 29 heavy (non-hydrogen) atoms. The van der Waals surface area contributed by atoms with Crippen LogP contribution in [-0.2, 0) is 12.8 Å². The molecule has 0 bridgehead atoms. The van der Waals surface area contributed by atoms with E-state index in [1.165, 1.54) is 5.56 Å². The Labute approximate surface area is 167 Å². The van der Waals surface area contributed by atoms with Crippen LogP contribution in [0.25, 0.3) is 17.1 Å². The van der Waals surface area contributed by atoms with E-state index in [0.717, 1.165) is 29.5 Å². The molecule has 146 valence electrons. The Kier molecular flexibility index (Phi) is 4.12. The molecule has 0 aliphatic heterocycles. The van der Waals surface area contributed by atoms with E-state index >= 15 is 0 Å². The molecule has 0 radical (unpaired) electrons. The van der Waals surface area contributed by atoms with Gasteiger partial charge in [0.05, 0.1) is 6.04 Å². The fourth-order valence-corrected chi connectivity index (χ4v) is 3.79. The fourth-order valence-electron chi connectivity index (χ4n) is 3.79. The molecule has 0 unspecified atom stereocenters. The molecule has 1 aliphatic carbocycles. The monoisotopic (exact) mass is 388 g/mol. The van der Waals surface area contributed by atoms with E-state index in [9.17, 15) is 4.79 Å². The van der Waals surface area contributed by atoms with Crippen molar-refractivity contribution in [2.45, 2.75) is 39.2 Å². The van der Waals surface area contributed by atoms with Crippen LogP contribution in [0.1, 0.15) is 52.6 Å². The number of aromatic nitrogens is 5. The molecule has 4 aromatic rings. The highest BCUT2D eigenvalue weighted by Gasteiger charge is 2.27. The number of hydrogen-bond donors (Lipinski definition) is 1. The summed E-state index contributed by atoms with van der Waals surface area (Å²) in [6, 6.07) is 9.81. The van der Waals surface area contributed by atoms with Crippen molar-refractivity contribution < 1.29 is 9.21 Å². The summed E-state index contributed by atoms with van der Waals surface area (Å²) in [4.78, 5) is 12.9. The first kappa shape index (κ1) is 17.5. The van der Waals surface area contributed by atoms with Crippen molar-refractivity contribution in [1.82, 2.24) is 30.1 Å². The molecule has 0 saturated heterocycles. The van der Waals surface area contributed by atoms with Crippen LogP contribution >= 0.6 is 0 Å². The van der Waals surface area contributed by atoms with Crippen LogP contribution in [0.5, 0.6) is 0 Å². The highest BCUT2D eigenvalue weighted by Crippen LogP contribution is 2.34. The zero-order valence-electron chi connectivity index (χ0n) is 16.2. The van der Waals surface area contributed by atoms with Crippen LogP contribution < -0.4 is 5.32 Å². The van der Waals surface area contributed by atoms with E-state index in [0.29, 0.717) is 29.7 Å². The second-order valence-electron chi connectivity index (χ2n) is 7.29. The standard InChI is InChI=1S/C21H20N6O2/c1-3-18-24-26-21(29-18)14-5-7-15-13(10-14)6-8-16(15)22-20(28)19-25-23-17-9-4-12(2)11-27(17)19/h4-5,7,9-11,16H,3,6,8H2,1-2H3,(H,22,28)/t16-/m1/s1. The molecular formula is C21H20N6O2. The van der Waals surface area contributed by atoms with E-state index in [1.807, 2.05) is 44.3 Å². The Morgan fingerprint density at radius 3 is 2.93 bits per heavy atom. The highest BCUT2D eigenvalue weighted by atomic mass is 16.4. The topological polar surface area (TPSA) is 98.2 Å². The maximum absolute atomic E-state index is 12.9. The Hall–Kier alpha value is -3.55. The molecule has 1 aromatic carbocycles. The Morgan fingerprint density at radius 1 is 1.21 bits per heavy atom. The third kappa shape index (κ3) is 3.06. The van der Waals surface area contributed by atoms with Crippen molar-refractivity contribution >= 4 is 11.6 Å². The van der Waals surface area contributed by atoms with E-state index in [1.54, 1.807) is 4.40 Å². The van der Waals surface area contributed by atoms with Crippen LogP contribution in [0, 0.1) is 6.92 Å². The van der Waals surface area contributed by atoms with Crippen LogP contribution in [-0.4, -0.2) is 30.7 Å². The number of carbonyl (C=O) groups excluding carboxylic acids is 1. The number of pyridine rings is 1. The number of fused-ring (bicyclic) bond motifs is 2. The summed E-state index contributed by atoms with van der Waals surface area (Å²) >= 11 is 0. The summed E-state index contributed by atoms with van der Waals surface area (Å²) < 4.78 is 7.39. The number of amides is 1. The number of aryl methyl sites for hydroxylation is 3. The van der Waals surface area contributed by atoms with Crippen molar-refractivity contribution in [1.29, 1.82) is 0 Å². The van der Waals surface area contributed by atoms with Gasteiger partial charge in [0.15, 0.2) is 5.65 Å². The molecule has 1 atom stereocenters. The lowest BCUT2D eigenvalue weighted by atomic mass is 10.0. The summed E-state index contributed by atoms with van der Waals surface area (Å²) in [5.74, 6) is 1.23. The van der Waals surface area contributed by atoms with Gasteiger partial charge in [-0.05, 0) is 54.7 Å². The minimum absolute atomic E-state index is 0.0578. The summed E-state index contributed by atoms with van der Waals surface area (Å²) in [6.45, 7) is 3.95. The van der Waals surface area contributed by atoms with E-state index in [2.05, 4.69) is 31.8 Å². The zero-order chi connectivity index (χ0) is 20.0. The zero-order valence-corrected chi connectivity index (χ0v) is 16.2. The minimum atomic E-state index is -0.227. The van der Waals surface area contributed by atoms with Gasteiger partial charge in [0, 0.05) is 18.2 Å². The second kappa shape index (κ2) is 6.80. The maximum Gasteiger partial charge on any atom is 0.290 e. The molecule has 0 spiro atoms. The van der Waals surface area contributed by atoms with Gasteiger partial charge in [0.2, 0.25) is 17.6 Å². The van der Waals surface area contributed by atoms with Crippen molar-refractivity contribution in [2.24, 2.45) is 0 Å². The van der Waals surface area contributed by atoms with Gasteiger partial charge in [0.25, 0.3) is 5.91 Å². The normalized spacial score (nSPS) is 15.6. The Bertz CT molecular complexity index is 1230. The van der Waals surface area contributed by atoms with E-state index in [-0.39, 0.29) is 11.9 Å². The number of nitrogens with zero attached hydrogens (tertiary/aromatic N) is 5. The number of rotatable bonds is 4. The molecule has 5 rings (SSSR count). The van der Waals surface area contributed by atoms with Gasteiger partial charge < -0.3 is 9.73 Å². The third-order valence-corrected chi connectivity index (χ3v) is 5.30. The Morgan fingerprint density at radius 2 is 2.10 bits per heavy atom. The summed E-state index contributed by atoms with van der Waals surface area (Å²) in [6.07, 6.45) is 4.30. The van der Waals surface area contributed by atoms with Crippen molar-refractivity contribution in [3.63, 3.8) is 0 Å². The molecule has 1 aliphatic rings. The van der Waals surface area contributed by atoms with Gasteiger partial charge in [-0.1, -0.05) is 19.1 Å². The number of hydrogen-bond acceptors (Lipinski definition) is 6. The average molecular weight is 388 g/mol. The fraction of sp³-hybridized carbons (Fsp3) is 0.286. The van der Waals surface area contributed by atoms with Gasteiger partial charge >= 0.3 is 0 Å². The summed E-state index contributed by atoms with van der Waals surface area (Å²) in [7, 11) is 0. The van der Waals surface area contributed by atoms with Gasteiger partial charge in [-0.3, -0.25) is 9.20 Å². The summed E-state index contributed by atoms with van der Waals surface area (Å²) in [5.41, 5.74) is 4.90. The molecular weight excluding hydrogens is 368 g/mol.